The predicted molar refractivity (Wildman–Crippen MR) is 110 cm³/mol. The van der Waals surface area contributed by atoms with Crippen molar-refractivity contribution in [3.63, 3.8) is 0 Å². The van der Waals surface area contributed by atoms with E-state index in [0.717, 1.165) is 37.3 Å². The van der Waals surface area contributed by atoms with Crippen molar-refractivity contribution in [1.82, 2.24) is 24.8 Å². The maximum absolute atomic E-state index is 12.8. The van der Waals surface area contributed by atoms with E-state index in [-0.39, 0.29) is 18.0 Å². The molecule has 30 heavy (non-hydrogen) atoms. The Bertz CT molecular complexity index is 1030. The summed E-state index contributed by atoms with van der Waals surface area (Å²) in [5, 5.41) is 9.37. The normalized spacial score (nSPS) is 22.7. The van der Waals surface area contributed by atoms with Gasteiger partial charge in [0, 0.05) is 49.7 Å². The molecule has 4 heterocycles. The minimum Gasteiger partial charge on any atom is -0.349 e. The number of hydrogen-bond donors (Lipinski definition) is 0. The number of aromatic nitrogens is 4. The van der Waals surface area contributed by atoms with Crippen LogP contribution in [0.1, 0.15) is 54.2 Å². The van der Waals surface area contributed by atoms with Crippen LogP contribution in [0.3, 0.4) is 0 Å². The van der Waals surface area contributed by atoms with Gasteiger partial charge in [-0.1, -0.05) is 0 Å². The summed E-state index contributed by atoms with van der Waals surface area (Å²) in [6, 6.07) is 2.31. The molecule has 1 aliphatic carbocycles. The van der Waals surface area contributed by atoms with E-state index in [1.807, 2.05) is 4.90 Å². The number of aryl methyl sites for hydroxylation is 2. The van der Waals surface area contributed by atoms with Crippen LogP contribution < -0.4 is 4.90 Å². The summed E-state index contributed by atoms with van der Waals surface area (Å²) >= 11 is 0. The Hall–Kier alpha value is -3.08. The van der Waals surface area contributed by atoms with Crippen LogP contribution in [0.25, 0.3) is 0 Å². The third-order valence-corrected chi connectivity index (χ3v) is 6.68. The Morgan fingerprint density at radius 2 is 2.00 bits per heavy atom. The molecule has 2 atom stereocenters. The molecule has 2 fully saturated rings. The van der Waals surface area contributed by atoms with E-state index < -0.39 is 0 Å². The highest BCUT2D eigenvalue weighted by atomic mass is 16.2. The average molecular weight is 403 g/mol. The van der Waals surface area contributed by atoms with Gasteiger partial charge in [0.1, 0.15) is 11.9 Å². The van der Waals surface area contributed by atoms with Crippen LogP contribution in [0.2, 0.25) is 0 Å². The molecule has 0 radical (unpaired) electrons. The maximum atomic E-state index is 12.8. The molecule has 5 rings (SSSR count). The van der Waals surface area contributed by atoms with Crippen molar-refractivity contribution in [3.05, 3.63) is 40.9 Å². The molecular weight excluding hydrogens is 378 g/mol. The van der Waals surface area contributed by atoms with Crippen molar-refractivity contribution in [2.24, 2.45) is 0 Å². The van der Waals surface area contributed by atoms with Crippen molar-refractivity contribution in [3.8, 4) is 6.07 Å². The molecule has 2 aromatic heterocycles. The quantitative estimate of drug-likeness (QED) is 0.767. The summed E-state index contributed by atoms with van der Waals surface area (Å²) < 4.78 is 0. The van der Waals surface area contributed by atoms with Crippen LogP contribution in [0.5, 0.6) is 0 Å². The number of carbonyl (C=O) groups is 1. The van der Waals surface area contributed by atoms with E-state index in [2.05, 4.69) is 27.9 Å². The van der Waals surface area contributed by atoms with Crippen molar-refractivity contribution in [2.75, 3.05) is 18.0 Å². The summed E-state index contributed by atoms with van der Waals surface area (Å²) in [5.41, 5.74) is 3.94. The molecule has 0 saturated carbocycles. The van der Waals surface area contributed by atoms with Crippen molar-refractivity contribution in [1.29, 1.82) is 5.26 Å². The van der Waals surface area contributed by atoms with Gasteiger partial charge in [-0.25, -0.2) is 19.9 Å². The molecule has 154 valence electrons. The lowest BCUT2D eigenvalue weighted by molar-refractivity contribution is -0.129. The number of rotatable bonds is 4. The van der Waals surface area contributed by atoms with Crippen molar-refractivity contribution < 1.29 is 4.79 Å². The number of nitrogens with zero attached hydrogens (tertiary/aromatic N) is 7. The lowest BCUT2D eigenvalue weighted by Crippen LogP contribution is -2.39. The summed E-state index contributed by atoms with van der Waals surface area (Å²) in [6.45, 7) is 3.49. The monoisotopic (exact) mass is 403 g/mol. The lowest BCUT2D eigenvalue weighted by atomic mass is 9.95. The molecule has 2 aliphatic heterocycles. The largest absolute Gasteiger partial charge is 0.349 e. The van der Waals surface area contributed by atoms with Crippen LogP contribution in [0.4, 0.5) is 5.82 Å². The standard InChI is InChI=1S/C22H25N7O/c1-14-15-4-2-3-5-16(15)27-20(26-14)7-11-28-18-6-10-29(19(18)12-21(28)30)22-17(13-23)24-8-9-25-22/h8-9,18-19H,2-7,10-12H2,1H3/t18-,19-/m0/s1. The summed E-state index contributed by atoms with van der Waals surface area (Å²) in [6.07, 6.45) is 9.68. The number of anilines is 1. The predicted octanol–water partition coefficient (Wildman–Crippen LogP) is 1.75. The first-order valence-electron chi connectivity index (χ1n) is 10.8. The van der Waals surface area contributed by atoms with E-state index in [4.69, 9.17) is 9.97 Å². The highest BCUT2D eigenvalue weighted by molar-refractivity contribution is 5.81. The van der Waals surface area contributed by atoms with E-state index >= 15 is 0 Å². The Morgan fingerprint density at radius 3 is 2.87 bits per heavy atom. The maximum Gasteiger partial charge on any atom is 0.225 e. The molecule has 8 nitrogen and oxygen atoms in total. The van der Waals surface area contributed by atoms with Crippen molar-refractivity contribution in [2.45, 2.75) is 64.0 Å². The molecule has 2 aromatic rings. The SMILES string of the molecule is Cc1nc(CCN2C(=O)C[C@H]3[C@@H]2CCN3c2nccnc2C#N)nc2c1CCCC2. The zero-order chi connectivity index (χ0) is 20.7. The zero-order valence-electron chi connectivity index (χ0n) is 17.2. The Kier molecular flexibility index (Phi) is 4.81. The minimum atomic E-state index is 0.0486. The third-order valence-electron chi connectivity index (χ3n) is 6.68. The molecule has 2 saturated heterocycles. The molecule has 1 amide bonds. The molecule has 0 bridgehead atoms. The van der Waals surface area contributed by atoms with Gasteiger partial charge >= 0.3 is 0 Å². The number of hydrogen-bond acceptors (Lipinski definition) is 7. The fraction of sp³-hybridized carbons (Fsp3) is 0.545. The molecule has 0 spiro atoms. The second-order valence-electron chi connectivity index (χ2n) is 8.36. The van der Waals surface area contributed by atoms with E-state index in [0.29, 0.717) is 30.9 Å². The van der Waals surface area contributed by atoms with E-state index in [9.17, 15) is 10.1 Å². The fourth-order valence-electron chi connectivity index (χ4n) is 5.28. The van der Waals surface area contributed by atoms with Gasteiger partial charge in [-0.15, -0.1) is 0 Å². The molecule has 8 heteroatoms. The molecule has 0 N–H and O–H groups in total. The topological polar surface area (TPSA) is 98.9 Å². The minimum absolute atomic E-state index is 0.0486. The van der Waals surface area contributed by atoms with E-state index in [1.54, 1.807) is 6.20 Å². The number of likely N-dealkylation sites (tertiary alicyclic amines) is 1. The number of amides is 1. The van der Waals surface area contributed by atoms with Gasteiger partial charge in [0.15, 0.2) is 11.5 Å². The first kappa shape index (κ1) is 18.9. The lowest BCUT2D eigenvalue weighted by Gasteiger charge is -2.26. The van der Waals surface area contributed by atoms with Crippen molar-refractivity contribution >= 4 is 11.7 Å². The molecule has 0 aromatic carbocycles. The molecule has 0 unspecified atom stereocenters. The second-order valence-corrected chi connectivity index (χ2v) is 8.36. The van der Waals surface area contributed by atoms with Gasteiger partial charge < -0.3 is 9.80 Å². The second kappa shape index (κ2) is 7.63. The van der Waals surface area contributed by atoms with Crippen LogP contribution in [0.15, 0.2) is 12.4 Å². The number of fused-ring (bicyclic) bond motifs is 2. The summed E-state index contributed by atoms with van der Waals surface area (Å²) in [5.74, 6) is 1.60. The first-order chi connectivity index (χ1) is 14.7. The average Bonchev–Trinajstić information content (AvgIpc) is 3.30. The highest BCUT2D eigenvalue weighted by Crippen LogP contribution is 2.35. The van der Waals surface area contributed by atoms with Crippen LogP contribution >= 0.6 is 0 Å². The Labute approximate surface area is 176 Å². The van der Waals surface area contributed by atoms with Gasteiger partial charge in [0.25, 0.3) is 0 Å². The molecule has 3 aliphatic rings. The fourth-order valence-corrected chi connectivity index (χ4v) is 5.28. The van der Waals surface area contributed by atoms with Gasteiger partial charge in [-0.3, -0.25) is 4.79 Å². The van der Waals surface area contributed by atoms with Crippen LogP contribution in [0, 0.1) is 18.3 Å². The third kappa shape index (κ3) is 3.18. The van der Waals surface area contributed by atoms with Gasteiger partial charge in [-0.2, -0.15) is 5.26 Å². The zero-order valence-corrected chi connectivity index (χ0v) is 17.2. The number of carbonyl (C=O) groups excluding carboxylic acids is 1. The van der Waals surface area contributed by atoms with Crippen LogP contribution in [-0.4, -0.2) is 55.9 Å². The van der Waals surface area contributed by atoms with Gasteiger partial charge in [-0.05, 0) is 44.6 Å². The van der Waals surface area contributed by atoms with Crippen LogP contribution in [-0.2, 0) is 24.1 Å². The summed E-state index contributed by atoms with van der Waals surface area (Å²) in [7, 11) is 0. The smallest absolute Gasteiger partial charge is 0.225 e. The summed E-state index contributed by atoms with van der Waals surface area (Å²) in [4.78, 5) is 34.9. The van der Waals surface area contributed by atoms with Gasteiger partial charge in [0.2, 0.25) is 5.91 Å². The molecular formula is C22H25N7O. The van der Waals surface area contributed by atoms with E-state index in [1.165, 1.54) is 30.3 Å². The Morgan fingerprint density at radius 1 is 1.17 bits per heavy atom. The number of nitriles is 1. The Balaban J connectivity index is 1.31. The first-order valence-corrected chi connectivity index (χ1v) is 10.8. The van der Waals surface area contributed by atoms with Gasteiger partial charge in [0.05, 0.1) is 12.1 Å². The highest BCUT2D eigenvalue weighted by Gasteiger charge is 2.47.